The molecule has 1 rings (SSSR count). The molecule has 4 nitrogen and oxygen atoms in total. The monoisotopic (exact) mass is 291 g/mol. The summed E-state index contributed by atoms with van der Waals surface area (Å²) in [5.41, 5.74) is 0. The lowest BCUT2D eigenvalue weighted by Gasteiger charge is -2.13. The minimum absolute atomic E-state index is 0.173. The van der Waals surface area contributed by atoms with Crippen molar-refractivity contribution in [1.82, 2.24) is 5.32 Å². The topological polar surface area (TPSA) is 58.6 Å². The maximum atomic E-state index is 10.8. The zero-order valence-corrected chi connectivity index (χ0v) is 11.8. The molecule has 102 valence electrons. The average Bonchev–Trinajstić information content (AvgIpc) is 2.33. The van der Waals surface area contributed by atoms with Gasteiger partial charge in [-0.05, 0) is 12.1 Å². The second-order valence-electron chi connectivity index (χ2n) is 3.88. The first-order chi connectivity index (χ1) is 8.59. The van der Waals surface area contributed by atoms with Crippen molar-refractivity contribution in [2.24, 2.45) is 0 Å². The fraction of sp³-hybridized carbons (Fsp3) is 0.500. The number of hydrogen-bond acceptors (Lipinski definition) is 4. The van der Waals surface area contributed by atoms with Gasteiger partial charge in [-0.15, -0.1) is 0 Å². The molecule has 6 heteroatoms. The first kappa shape index (κ1) is 15.4. The third-order valence-electron chi connectivity index (χ3n) is 2.21. The molecule has 0 saturated carbocycles. The molecule has 0 radical (unpaired) electrons. The second kappa shape index (κ2) is 8.48. The molecule has 0 saturated heterocycles. The van der Waals surface area contributed by atoms with Gasteiger partial charge in [-0.3, -0.25) is 4.21 Å². The number of aliphatic hydroxyl groups is 1. The van der Waals surface area contributed by atoms with Crippen molar-refractivity contribution in [3.05, 3.63) is 29.3 Å². The number of aliphatic hydroxyl groups excluding tert-OH is 1. The van der Waals surface area contributed by atoms with Gasteiger partial charge in [-0.2, -0.15) is 0 Å². The van der Waals surface area contributed by atoms with Gasteiger partial charge in [0.2, 0.25) is 0 Å². The second-order valence-corrected chi connectivity index (χ2v) is 5.84. The van der Waals surface area contributed by atoms with Gasteiger partial charge in [0.1, 0.15) is 18.5 Å². The fourth-order valence-corrected chi connectivity index (χ4v) is 1.91. The van der Waals surface area contributed by atoms with Crippen LogP contribution in [-0.2, 0) is 10.8 Å². The van der Waals surface area contributed by atoms with Gasteiger partial charge in [0.15, 0.2) is 0 Å². The molecule has 0 aliphatic rings. The lowest BCUT2D eigenvalue weighted by atomic mass is 10.3. The van der Waals surface area contributed by atoms with E-state index in [1.54, 1.807) is 18.4 Å². The van der Waals surface area contributed by atoms with E-state index in [2.05, 4.69) is 5.32 Å². The van der Waals surface area contributed by atoms with Gasteiger partial charge >= 0.3 is 0 Å². The van der Waals surface area contributed by atoms with Crippen LogP contribution in [0.15, 0.2) is 24.3 Å². The first-order valence-electron chi connectivity index (χ1n) is 5.65. The van der Waals surface area contributed by atoms with Crippen LogP contribution < -0.4 is 10.1 Å². The predicted molar refractivity (Wildman–Crippen MR) is 74.8 cm³/mol. The van der Waals surface area contributed by atoms with E-state index in [1.807, 2.05) is 12.1 Å². The number of hydrogen-bond donors (Lipinski definition) is 2. The zero-order valence-electron chi connectivity index (χ0n) is 10.3. The van der Waals surface area contributed by atoms with Gasteiger partial charge in [0.25, 0.3) is 0 Å². The molecule has 0 aromatic heterocycles. The SMILES string of the molecule is CS(=O)CCNCC(O)COc1ccccc1Cl. The molecule has 1 aromatic rings. The quantitative estimate of drug-likeness (QED) is 0.703. The van der Waals surface area contributed by atoms with Crippen molar-refractivity contribution < 1.29 is 14.1 Å². The van der Waals surface area contributed by atoms with Crippen LogP contribution >= 0.6 is 11.6 Å². The molecule has 1 aromatic carbocycles. The van der Waals surface area contributed by atoms with Gasteiger partial charge in [0.05, 0.1) is 5.02 Å². The van der Waals surface area contributed by atoms with Crippen molar-refractivity contribution in [3.8, 4) is 5.75 Å². The first-order valence-corrected chi connectivity index (χ1v) is 7.76. The van der Waals surface area contributed by atoms with Crippen LogP contribution in [0.1, 0.15) is 0 Å². The van der Waals surface area contributed by atoms with E-state index in [9.17, 15) is 9.32 Å². The smallest absolute Gasteiger partial charge is 0.138 e. The highest BCUT2D eigenvalue weighted by atomic mass is 35.5. The third-order valence-corrected chi connectivity index (χ3v) is 3.31. The summed E-state index contributed by atoms with van der Waals surface area (Å²) < 4.78 is 16.2. The van der Waals surface area contributed by atoms with Gasteiger partial charge in [0, 0.05) is 35.9 Å². The third kappa shape index (κ3) is 6.35. The Bertz CT molecular complexity index is 389. The molecule has 2 atom stereocenters. The maximum absolute atomic E-state index is 10.8. The highest BCUT2D eigenvalue weighted by Gasteiger charge is 2.06. The zero-order chi connectivity index (χ0) is 13.4. The fourth-order valence-electron chi connectivity index (χ4n) is 1.29. The van der Waals surface area contributed by atoms with E-state index in [-0.39, 0.29) is 6.61 Å². The Morgan fingerprint density at radius 3 is 2.89 bits per heavy atom. The Morgan fingerprint density at radius 2 is 2.22 bits per heavy atom. The highest BCUT2D eigenvalue weighted by molar-refractivity contribution is 7.84. The number of nitrogens with one attached hydrogen (secondary N) is 1. The summed E-state index contributed by atoms with van der Waals surface area (Å²) in [5.74, 6) is 1.14. The number of rotatable bonds is 8. The molecule has 0 fully saturated rings. The minimum atomic E-state index is -0.810. The molecule has 2 N–H and O–H groups in total. The van der Waals surface area contributed by atoms with E-state index in [0.717, 1.165) is 0 Å². The predicted octanol–water partition coefficient (Wildman–Crippen LogP) is 1.05. The molecule has 2 unspecified atom stereocenters. The van der Waals surface area contributed by atoms with Gasteiger partial charge in [-0.25, -0.2) is 0 Å². The summed E-state index contributed by atoms with van der Waals surface area (Å²) in [6.45, 7) is 1.19. The van der Waals surface area contributed by atoms with E-state index in [0.29, 0.717) is 29.6 Å². The molecule has 0 aliphatic heterocycles. The Hall–Kier alpha value is -0.620. The molecule has 0 bridgehead atoms. The van der Waals surface area contributed by atoms with Crippen LogP contribution in [0.3, 0.4) is 0 Å². The van der Waals surface area contributed by atoms with Crippen molar-refractivity contribution in [1.29, 1.82) is 0 Å². The molecular weight excluding hydrogens is 274 g/mol. The maximum Gasteiger partial charge on any atom is 0.138 e. The van der Waals surface area contributed by atoms with Crippen molar-refractivity contribution in [3.63, 3.8) is 0 Å². The van der Waals surface area contributed by atoms with Crippen LogP contribution in [0.25, 0.3) is 0 Å². The van der Waals surface area contributed by atoms with E-state index in [1.165, 1.54) is 0 Å². The van der Waals surface area contributed by atoms with Crippen molar-refractivity contribution in [2.75, 3.05) is 31.7 Å². The standard InChI is InChI=1S/C12H18ClNO3S/c1-18(16)7-6-14-8-10(15)9-17-12-5-3-2-4-11(12)13/h2-5,10,14-15H,6-9H2,1H3. The summed E-state index contributed by atoms with van der Waals surface area (Å²) in [7, 11) is -0.810. The summed E-state index contributed by atoms with van der Waals surface area (Å²) in [5, 5.41) is 13.2. The molecule has 0 amide bonds. The number of ether oxygens (including phenoxy) is 1. The summed E-state index contributed by atoms with van der Waals surface area (Å²) >= 11 is 5.91. The molecular formula is C12H18ClNO3S. The average molecular weight is 292 g/mol. The number of halogens is 1. The van der Waals surface area contributed by atoms with Crippen molar-refractivity contribution in [2.45, 2.75) is 6.10 Å². The van der Waals surface area contributed by atoms with Gasteiger partial charge < -0.3 is 15.2 Å². The summed E-state index contributed by atoms with van der Waals surface area (Å²) in [4.78, 5) is 0. The molecule has 18 heavy (non-hydrogen) atoms. The Balaban J connectivity index is 2.19. The Labute approximate surface area is 115 Å². The largest absolute Gasteiger partial charge is 0.489 e. The summed E-state index contributed by atoms with van der Waals surface area (Å²) in [6, 6.07) is 7.13. The van der Waals surface area contributed by atoms with Crippen LogP contribution in [0, 0.1) is 0 Å². The minimum Gasteiger partial charge on any atom is -0.489 e. The molecule has 0 aliphatic carbocycles. The van der Waals surface area contributed by atoms with Crippen LogP contribution in [0.4, 0.5) is 0 Å². The lowest BCUT2D eigenvalue weighted by Crippen LogP contribution is -2.33. The number of para-hydroxylation sites is 1. The van der Waals surface area contributed by atoms with Gasteiger partial charge in [-0.1, -0.05) is 23.7 Å². The molecule has 0 heterocycles. The van der Waals surface area contributed by atoms with Crippen LogP contribution in [0.5, 0.6) is 5.75 Å². The van der Waals surface area contributed by atoms with Crippen molar-refractivity contribution >= 4 is 22.4 Å². The van der Waals surface area contributed by atoms with Crippen LogP contribution in [-0.4, -0.2) is 47.1 Å². The highest BCUT2D eigenvalue weighted by Crippen LogP contribution is 2.22. The lowest BCUT2D eigenvalue weighted by molar-refractivity contribution is 0.107. The number of benzene rings is 1. The Morgan fingerprint density at radius 1 is 1.50 bits per heavy atom. The van der Waals surface area contributed by atoms with E-state index >= 15 is 0 Å². The van der Waals surface area contributed by atoms with E-state index < -0.39 is 16.9 Å². The normalized spacial score (nSPS) is 14.2. The van der Waals surface area contributed by atoms with Crippen LogP contribution in [0.2, 0.25) is 5.02 Å². The van der Waals surface area contributed by atoms with E-state index in [4.69, 9.17) is 16.3 Å². The summed E-state index contributed by atoms with van der Waals surface area (Å²) in [6.07, 6.45) is 1.03. The Kier molecular flexibility index (Phi) is 7.27. The molecule has 0 spiro atoms.